The van der Waals surface area contributed by atoms with Crippen LogP contribution in [0.1, 0.15) is 29.7 Å². The summed E-state index contributed by atoms with van der Waals surface area (Å²) in [4.78, 5) is 28.1. The van der Waals surface area contributed by atoms with Crippen molar-refractivity contribution in [3.05, 3.63) is 113 Å². The lowest BCUT2D eigenvalue weighted by Gasteiger charge is -2.26. The zero-order chi connectivity index (χ0) is 26.4. The van der Waals surface area contributed by atoms with Crippen molar-refractivity contribution in [3.63, 3.8) is 0 Å². The summed E-state index contributed by atoms with van der Waals surface area (Å²) in [6.45, 7) is 6.52. The van der Waals surface area contributed by atoms with Gasteiger partial charge in [0.2, 0.25) is 0 Å². The maximum Gasteiger partial charge on any atom is 0.295 e. The molecule has 7 heteroatoms. The highest BCUT2D eigenvalue weighted by Gasteiger charge is 2.46. The molecule has 190 valence electrons. The molecule has 0 aromatic heterocycles. The van der Waals surface area contributed by atoms with E-state index in [1.54, 1.807) is 48.5 Å². The molecule has 0 bridgehead atoms. The predicted molar refractivity (Wildman–Crippen MR) is 144 cm³/mol. The molecule has 1 N–H and O–H groups in total. The number of likely N-dealkylation sites (tertiary alicyclic amines) is 1. The van der Waals surface area contributed by atoms with Crippen LogP contribution in [0.5, 0.6) is 11.5 Å². The normalized spacial score (nSPS) is 16.6. The van der Waals surface area contributed by atoms with Gasteiger partial charge < -0.3 is 19.5 Å². The van der Waals surface area contributed by atoms with E-state index >= 15 is 0 Å². The number of carbonyl (C=O) groups is 2. The fourth-order valence-electron chi connectivity index (χ4n) is 4.35. The largest absolute Gasteiger partial charge is 0.507 e. The Labute approximate surface area is 221 Å². The number of amides is 1. The van der Waals surface area contributed by atoms with E-state index in [4.69, 9.17) is 21.1 Å². The van der Waals surface area contributed by atoms with Crippen molar-refractivity contribution in [3.8, 4) is 11.5 Å². The zero-order valence-corrected chi connectivity index (χ0v) is 21.3. The van der Waals surface area contributed by atoms with Crippen LogP contribution in [0.25, 0.3) is 5.76 Å². The molecule has 6 nitrogen and oxygen atoms in total. The summed E-state index contributed by atoms with van der Waals surface area (Å²) in [6, 6.07) is 20.7. The van der Waals surface area contributed by atoms with E-state index < -0.39 is 17.7 Å². The number of ether oxygens (including phenoxy) is 2. The van der Waals surface area contributed by atoms with Crippen LogP contribution in [0.4, 0.5) is 0 Å². The SMILES string of the molecule is C=CCOc1ccc(C2C(=C(O)c3ccc(Cl)cc3)C(=O)C(=O)N2CCc2ccccc2)cc1OCC. The van der Waals surface area contributed by atoms with Gasteiger partial charge in [-0.1, -0.05) is 60.7 Å². The minimum Gasteiger partial charge on any atom is -0.507 e. The minimum absolute atomic E-state index is 0.0163. The smallest absolute Gasteiger partial charge is 0.295 e. The van der Waals surface area contributed by atoms with Crippen molar-refractivity contribution in [1.29, 1.82) is 0 Å². The fraction of sp³-hybridized carbons (Fsp3) is 0.200. The van der Waals surface area contributed by atoms with Gasteiger partial charge in [-0.25, -0.2) is 0 Å². The first-order chi connectivity index (χ1) is 17.9. The van der Waals surface area contributed by atoms with Gasteiger partial charge in [0, 0.05) is 17.1 Å². The quantitative estimate of drug-likeness (QED) is 0.155. The van der Waals surface area contributed by atoms with Gasteiger partial charge in [-0.15, -0.1) is 0 Å². The van der Waals surface area contributed by atoms with Gasteiger partial charge in [0.25, 0.3) is 11.7 Å². The number of aliphatic hydroxyl groups excluding tert-OH is 1. The number of halogens is 1. The molecule has 3 aromatic rings. The van der Waals surface area contributed by atoms with Gasteiger partial charge in [0.05, 0.1) is 18.2 Å². The van der Waals surface area contributed by atoms with Crippen molar-refractivity contribution < 1.29 is 24.2 Å². The van der Waals surface area contributed by atoms with Crippen molar-refractivity contribution in [2.45, 2.75) is 19.4 Å². The first kappa shape index (κ1) is 26.0. The second-order valence-corrected chi connectivity index (χ2v) is 8.91. The number of nitrogens with zero attached hydrogens (tertiary/aromatic N) is 1. The molecule has 0 spiro atoms. The van der Waals surface area contributed by atoms with Gasteiger partial charge >= 0.3 is 0 Å². The van der Waals surface area contributed by atoms with E-state index in [0.29, 0.717) is 47.3 Å². The van der Waals surface area contributed by atoms with Gasteiger partial charge in [0.1, 0.15) is 12.4 Å². The molecule has 1 fully saturated rings. The maximum atomic E-state index is 13.3. The third-order valence-electron chi connectivity index (χ3n) is 6.08. The third kappa shape index (κ3) is 5.70. The highest BCUT2D eigenvalue weighted by Crippen LogP contribution is 2.42. The van der Waals surface area contributed by atoms with Crippen LogP contribution >= 0.6 is 11.6 Å². The Morgan fingerprint density at radius 1 is 1.03 bits per heavy atom. The fourth-order valence-corrected chi connectivity index (χ4v) is 4.47. The van der Waals surface area contributed by atoms with Gasteiger partial charge in [0.15, 0.2) is 11.5 Å². The number of benzene rings is 3. The summed E-state index contributed by atoms with van der Waals surface area (Å²) in [7, 11) is 0. The number of aliphatic hydroxyl groups is 1. The Kier molecular flexibility index (Phi) is 8.31. The summed E-state index contributed by atoms with van der Waals surface area (Å²) in [5.41, 5.74) is 2.07. The van der Waals surface area contributed by atoms with Gasteiger partial charge in [-0.2, -0.15) is 0 Å². The monoisotopic (exact) mass is 517 g/mol. The first-order valence-electron chi connectivity index (χ1n) is 12.0. The van der Waals surface area contributed by atoms with E-state index in [-0.39, 0.29) is 17.9 Å². The average Bonchev–Trinajstić information content (AvgIpc) is 3.17. The molecule has 0 saturated carbocycles. The molecular formula is C30H28ClNO5. The second kappa shape index (κ2) is 11.8. The number of Topliss-reactive ketones (excluding diaryl/α,β-unsaturated/α-hetero) is 1. The van der Waals surface area contributed by atoms with Crippen LogP contribution in [0.15, 0.2) is 91.0 Å². The molecule has 1 aliphatic heterocycles. The third-order valence-corrected chi connectivity index (χ3v) is 6.33. The van der Waals surface area contributed by atoms with Crippen LogP contribution in [0.3, 0.4) is 0 Å². The number of ketones is 1. The van der Waals surface area contributed by atoms with E-state index in [2.05, 4.69) is 6.58 Å². The Hall–Kier alpha value is -4.03. The van der Waals surface area contributed by atoms with Crippen LogP contribution in [0, 0.1) is 0 Å². The molecular weight excluding hydrogens is 490 g/mol. The van der Waals surface area contributed by atoms with Gasteiger partial charge in [-0.05, 0) is 60.9 Å². The van der Waals surface area contributed by atoms with Gasteiger partial charge in [-0.3, -0.25) is 9.59 Å². The van der Waals surface area contributed by atoms with E-state index in [1.165, 1.54) is 4.90 Å². The zero-order valence-electron chi connectivity index (χ0n) is 20.5. The Morgan fingerprint density at radius 3 is 2.43 bits per heavy atom. The molecule has 1 saturated heterocycles. The molecule has 1 amide bonds. The van der Waals surface area contributed by atoms with Crippen LogP contribution in [0.2, 0.25) is 5.02 Å². The lowest BCUT2D eigenvalue weighted by atomic mass is 9.95. The maximum absolute atomic E-state index is 13.3. The number of hydrogen-bond donors (Lipinski definition) is 1. The summed E-state index contributed by atoms with van der Waals surface area (Å²) in [5.74, 6) is -0.671. The highest BCUT2D eigenvalue weighted by molar-refractivity contribution is 6.46. The Bertz CT molecular complexity index is 1320. The number of carbonyl (C=O) groups excluding carboxylic acids is 2. The molecule has 1 atom stereocenters. The molecule has 1 unspecified atom stereocenters. The molecule has 0 radical (unpaired) electrons. The van der Waals surface area contributed by atoms with Crippen LogP contribution in [-0.2, 0) is 16.0 Å². The van der Waals surface area contributed by atoms with Crippen LogP contribution < -0.4 is 9.47 Å². The number of hydrogen-bond acceptors (Lipinski definition) is 5. The minimum atomic E-state index is -0.813. The number of rotatable bonds is 10. The molecule has 0 aliphatic carbocycles. The predicted octanol–water partition coefficient (Wildman–Crippen LogP) is 5.97. The highest BCUT2D eigenvalue weighted by atomic mass is 35.5. The topological polar surface area (TPSA) is 76.1 Å². The molecule has 3 aromatic carbocycles. The summed E-state index contributed by atoms with van der Waals surface area (Å²) >= 11 is 6.01. The lowest BCUT2D eigenvalue weighted by Crippen LogP contribution is -2.31. The average molecular weight is 518 g/mol. The second-order valence-electron chi connectivity index (χ2n) is 8.47. The van der Waals surface area contributed by atoms with Crippen molar-refractivity contribution >= 4 is 29.1 Å². The van der Waals surface area contributed by atoms with E-state index in [9.17, 15) is 14.7 Å². The van der Waals surface area contributed by atoms with Crippen LogP contribution in [-0.4, -0.2) is 41.5 Å². The first-order valence-corrected chi connectivity index (χ1v) is 12.4. The molecule has 1 heterocycles. The summed E-state index contributed by atoms with van der Waals surface area (Å²) in [5, 5.41) is 11.7. The standard InChI is InChI=1S/C30H28ClNO5/c1-3-18-37-24-15-12-22(19-25(24)36-4-2)27-26(28(33)21-10-13-23(31)14-11-21)29(34)30(35)32(27)17-16-20-8-6-5-7-9-20/h3,5-15,19,27,33H,1,4,16-18H2,2H3. The summed E-state index contributed by atoms with van der Waals surface area (Å²) in [6.07, 6.45) is 2.18. The Morgan fingerprint density at radius 2 is 1.76 bits per heavy atom. The summed E-state index contributed by atoms with van der Waals surface area (Å²) < 4.78 is 11.5. The molecule has 1 aliphatic rings. The van der Waals surface area contributed by atoms with E-state index in [0.717, 1.165) is 5.56 Å². The van der Waals surface area contributed by atoms with E-state index in [1.807, 2.05) is 37.3 Å². The van der Waals surface area contributed by atoms with Crippen molar-refractivity contribution in [2.24, 2.45) is 0 Å². The lowest BCUT2D eigenvalue weighted by molar-refractivity contribution is -0.139. The van der Waals surface area contributed by atoms with Crippen molar-refractivity contribution in [1.82, 2.24) is 4.90 Å². The molecule has 37 heavy (non-hydrogen) atoms. The molecule has 4 rings (SSSR count). The Balaban J connectivity index is 1.81. The van der Waals surface area contributed by atoms with Crippen molar-refractivity contribution in [2.75, 3.05) is 19.8 Å².